The van der Waals surface area contributed by atoms with Crippen LogP contribution in [-0.4, -0.2) is 21.5 Å². The molecule has 3 aromatic rings. The minimum atomic E-state index is -4.75. The number of nitrogens with zero attached hydrogens (tertiary/aromatic N) is 3. The van der Waals surface area contributed by atoms with E-state index < -0.39 is 12.0 Å². The lowest BCUT2D eigenvalue weighted by Crippen LogP contribution is -2.23. The number of benzene rings is 1. The molecular formula is C19H15F3N4O4. The fourth-order valence-corrected chi connectivity index (χ4v) is 2.78. The molecule has 2 aromatic heterocycles. The van der Waals surface area contributed by atoms with Crippen molar-refractivity contribution in [3.63, 3.8) is 0 Å². The monoisotopic (exact) mass is 420 g/mol. The molecule has 0 saturated heterocycles. The summed E-state index contributed by atoms with van der Waals surface area (Å²) in [7, 11) is 0. The number of hydrogen-bond acceptors (Lipinski definition) is 8. The van der Waals surface area contributed by atoms with Gasteiger partial charge in [-0.1, -0.05) is 12.1 Å². The summed E-state index contributed by atoms with van der Waals surface area (Å²) in [4.78, 5) is 9.67. The van der Waals surface area contributed by atoms with Gasteiger partial charge in [0.25, 0.3) is 0 Å². The van der Waals surface area contributed by atoms with Crippen LogP contribution in [0.25, 0.3) is 11.5 Å². The number of alkyl halides is 3. The van der Waals surface area contributed by atoms with Gasteiger partial charge in [0.15, 0.2) is 0 Å². The summed E-state index contributed by atoms with van der Waals surface area (Å²) in [5, 5.41) is 7.71. The molecule has 0 radical (unpaired) electrons. The van der Waals surface area contributed by atoms with Gasteiger partial charge in [-0.2, -0.15) is 0 Å². The Labute approximate surface area is 168 Å². The zero-order valence-corrected chi connectivity index (χ0v) is 15.7. The van der Waals surface area contributed by atoms with E-state index >= 15 is 0 Å². The largest absolute Gasteiger partial charge is 0.573 e. The minimum Gasteiger partial charge on any atom is -0.438 e. The normalized spacial score (nSPS) is 18.6. The zero-order chi connectivity index (χ0) is 21.4. The maximum atomic E-state index is 12.3. The van der Waals surface area contributed by atoms with Crippen molar-refractivity contribution in [2.24, 2.45) is 0 Å². The second-order valence-electron chi connectivity index (χ2n) is 6.53. The Morgan fingerprint density at radius 2 is 1.83 bits per heavy atom. The average molecular weight is 420 g/mol. The van der Waals surface area contributed by atoms with E-state index in [9.17, 15) is 13.2 Å². The summed E-state index contributed by atoms with van der Waals surface area (Å²) in [5.74, 6) is 1.09. The third-order valence-electron chi connectivity index (χ3n) is 4.15. The van der Waals surface area contributed by atoms with Crippen molar-refractivity contribution in [2.45, 2.75) is 25.8 Å². The van der Waals surface area contributed by atoms with Crippen LogP contribution in [0.15, 0.2) is 59.1 Å². The number of nitrogens with one attached hydrogen (secondary N) is 1. The van der Waals surface area contributed by atoms with Crippen LogP contribution in [0.2, 0.25) is 0 Å². The molecule has 30 heavy (non-hydrogen) atoms. The summed E-state index contributed by atoms with van der Waals surface area (Å²) in [6.45, 7) is 3.41. The molecule has 0 unspecified atom stereocenters. The summed E-state index contributed by atoms with van der Waals surface area (Å²) in [6.07, 6.45) is -0.0496. The van der Waals surface area contributed by atoms with Crippen molar-refractivity contribution in [1.82, 2.24) is 20.7 Å². The second kappa shape index (κ2) is 7.34. The number of ether oxygens (including phenoxy) is 2. The van der Waals surface area contributed by atoms with Gasteiger partial charge in [0.1, 0.15) is 17.1 Å². The SMILES string of the molecule is Cc1nnc(-c2cncc(OC3=C[C@@](C)(c4ccc(OC(F)(F)F)cc4)ON3)c2)o1. The van der Waals surface area contributed by atoms with E-state index in [1.54, 1.807) is 32.2 Å². The van der Waals surface area contributed by atoms with Crippen LogP contribution in [0.1, 0.15) is 18.4 Å². The molecule has 0 amide bonds. The Bertz CT molecular complexity index is 1080. The van der Waals surface area contributed by atoms with Gasteiger partial charge < -0.3 is 13.9 Å². The van der Waals surface area contributed by atoms with E-state index in [1.165, 1.54) is 30.5 Å². The van der Waals surface area contributed by atoms with Crippen LogP contribution in [0.4, 0.5) is 13.2 Å². The standard InChI is InChI=1S/C19H15F3N4O4/c1-11-24-25-17(27-11)12-7-15(10-23-9-12)28-16-8-18(2,30-26-16)13-3-5-14(6-4-13)29-19(20,21)22/h3-10,26H,1-2H3/t18-/m0/s1. The summed E-state index contributed by atoms with van der Waals surface area (Å²) >= 11 is 0. The lowest BCUT2D eigenvalue weighted by Gasteiger charge is -2.20. The van der Waals surface area contributed by atoms with Gasteiger partial charge in [-0.3, -0.25) is 9.82 Å². The van der Waals surface area contributed by atoms with Crippen molar-refractivity contribution in [3.05, 3.63) is 66.1 Å². The van der Waals surface area contributed by atoms with Crippen LogP contribution in [0, 0.1) is 6.92 Å². The molecule has 1 aliphatic heterocycles. The van der Waals surface area contributed by atoms with Gasteiger partial charge in [0.2, 0.25) is 17.7 Å². The summed E-state index contributed by atoms with van der Waals surface area (Å²) < 4.78 is 51.9. The molecule has 3 heterocycles. The van der Waals surface area contributed by atoms with E-state index in [2.05, 4.69) is 25.4 Å². The number of halogens is 3. The zero-order valence-electron chi connectivity index (χ0n) is 15.7. The molecule has 0 aliphatic carbocycles. The molecule has 1 N–H and O–H groups in total. The molecule has 8 nitrogen and oxygen atoms in total. The summed E-state index contributed by atoms with van der Waals surface area (Å²) in [6, 6.07) is 7.04. The number of pyridine rings is 1. The molecule has 156 valence electrons. The molecule has 1 atom stereocenters. The van der Waals surface area contributed by atoms with E-state index in [4.69, 9.17) is 14.0 Å². The molecule has 1 aliphatic rings. The number of aryl methyl sites for hydroxylation is 1. The van der Waals surface area contributed by atoms with Crippen molar-refractivity contribution >= 4 is 0 Å². The topological polar surface area (TPSA) is 91.5 Å². The number of hydroxylamine groups is 1. The highest BCUT2D eigenvalue weighted by Crippen LogP contribution is 2.34. The maximum Gasteiger partial charge on any atom is 0.573 e. The molecular weight excluding hydrogens is 405 g/mol. The Balaban J connectivity index is 1.49. The molecule has 0 bridgehead atoms. The predicted octanol–water partition coefficient (Wildman–Crippen LogP) is 4.01. The first-order chi connectivity index (χ1) is 14.2. The Morgan fingerprint density at radius 1 is 1.07 bits per heavy atom. The molecule has 11 heteroatoms. The highest BCUT2D eigenvalue weighted by molar-refractivity contribution is 5.53. The van der Waals surface area contributed by atoms with Crippen LogP contribution in [0.3, 0.4) is 0 Å². The van der Waals surface area contributed by atoms with E-state index in [0.717, 1.165) is 0 Å². The lowest BCUT2D eigenvalue weighted by molar-refractivity contribution is -0.274. The number of aromatic nitrogens is 3. The quantitative estimate of drug-likeness (QED) is 0.662. The van der Waals surface area contributed by atoms with E-state index in [1.807, 2.05) is 0 Å². The Kier molecular flexibility index (Phi) is 4.82. The smallest absolute Gasteiger partial charge is 0.438 e. The first-order valence-electron chi connectivity index (χ1n) is 8.67. The van der Waals surface area contributed by atoms with Crippen molar-refractivity contribution in [1.29, 1.82) is 0 Å². The second-order valence-corrected chi connectivity index (χ2v) is 6.53. The molecule has 0 fully saturated rings. The van der Waals surface area contributed by atoms with Gasteiger partial charge in [-0.05, 0) is 30.7 Å². The fraction of sp³-hybridized carbons (Fsp3) is 0.211. The molecule has 1 aromatic carbocycles. The number of rotatable bonds is 5. The lowest BCUT2D eigenvalue weighted by atomic mass is 9.96. The minimum absolute atomic E-state index is 0.286. The third-order valence-corrected chi connectivity index (χ3v) is 4.15. The van der Waals surface area contributed by atoms with Crippen LogP contribution >= 0.6 is 0 Å². The van der Waals surface area contributed by atoms with Gasteiger partial charge >= 0.3 is 6.36 Å². The van der Waals surface area contributed by atoms with Gasteiger partial charge in [-0.25, -0.2) is 5.48 Å². The average Bonchev–Trinajstić information content (AvgIpc) is 3.28. The maximum absolute atomic E-state index is 12.3. The predicted molar refractivity (Wildman–Crippen MR) is 95.7 cm³/mol. The van der Waals surface area contributed by atoms with Crippen LogP contribution in [-0.2, 0) is 10.4 Å². The highest BCUT2D eigenvalue weighted by atomic mass is 19.4. The first kappa shape index (κ1) is 19.7. The van der Waals surface area contributed by atoms with Crippen LogP contribution in [0.5, 0.6) is 11.5 Å². The Hall–Kier alpha value is -3.60. The van der Waals surface area contributed by atoms with E-state index in [-0.39, 0.29) is 11.6 Å². The Morgan fingerprint density at radius 3 is 2.50 bits per heavy atom. The summed E-state index contributed by atoms with van der Waals surface area (Å²) in [5.41, 5.74) is 2.86. The van der Waals surface area contributed by atoms with Crippen molar-refractivity contribution in [2.75, 3.05) is 0 Å². The fourth-order valence-electron chi connectivity index (χ4n) is 2.78. The number of hydrogen-bond donors (Lipinski definition) is 1. The highest BCUT2D eigenvalue weighted by Gasteiger charge is 2.34. The third kappa shape index (κ3) is 4.35. The molecule has 4 rings (SSSR count). The molecule has 0 spiro atoms. The van der Waals surface area contributed by atoms with Gasteiger partial charge in [0, 0.05) is 19.2 Å². The van der Waals surface area contributed by atoms with Crippen molar-refractivity contribution < 1.29 is 31.9 Å². The van der Waals surface area contributed by atoms with Gasteiger partial charge in [0.05, 0.1) is 11.8 Å². The first-order valence-corrected chi connectivity index (χ1v) is 8.67. The van der Waals surface area contributed by atoms with Gasteiger partial charge in [-0.15, -0.1) is 23.4 Å². The molecule has 0 saturated carbocycles. The van der Waals surface area contributed by atoms with Crippen LogP contribution < -0.4 is 15.0 Å². The van der Waals surface area contributed by atoms with E-state index in [0.29, 0.717) is 28.7 Å². The van der Waals surface area contributed by atoms with Crippen molar-refractivity contribution in [3.8, 4) is 23.0 Å².